The van der Waals surface area contributed by atoms with Crippen molar-refractivity contribution in [2.24, 2.45) is 0 Å². The first-order valence-corrected chi connectivity index (χ1v) is 14.6. The minimum absolute atomic E-state index is 0.0979. The zero-order valence-electron chi connectivity index (χ0n) is 26.9. The third-order valence-electron chi connectivity index (χ3n) is 6.66. The van der Waals surface area contributed by atoms with Crippen molar-refractivity contribution in [2.45, 2.75) is 52.6 Å². The summed E-state index contributed by atoms with van der Waals surface area (Å²) in [5.41, 5.74) is 3.38. The van der Waals surface area contributed by atoms with Crippen LogP contribution in [0.3, 0.4) is 0 Å². The molecule has 0 aliphatic carbocycles. The summed E-state index contributed by atoms with van der Waals surface area (Å²) in [7, 11) is 3.55. The highest BCUT2D eigenvalue weighted by atomic mass is 35.5. The van der Waals surface area contributed by atoms with Crippen LogP contribution in [0.2, 0.25) is 5.02 Å². The number of pyridine rings is 4. The molecule has 0 aliphatic rings. The SMILES string of the molecule is CN(C(=O)c1ccc(C#Cc2cccnc2)cn1)C(C)(C)C.CN(C(=O)c1ccc(C#Cc2cncc(Cl)c2)cn1)C(C)(C)C. The summed E-state index contributed by atoms with van der Waals surface area (Å²) >= 11 is 5.86. The first-order chi connectivity index (χ1) is 21.1. The Morgan fingerprint density at radius 2 is 1.07 bits per heavy atom. The van der Waals surface area contributed by atoms with E-state index in [1.807, 2.05) is 53.7 Å². The van der Waals surface area contributed by atoms with E-state index in [9.17, 15) is 9.59 Å². The van der Waals surface area contributed by atoms with E-state index in [0.717, 1.165) is 22.3 Å². The normalized spacial score (nSPS) is 10.6. The Kier molecular flexibility index (Phi) is 11.6. The molecule has 4 aromatic rings. The van der Waals surface area contributed by atoms with Crippen molar-refractivity contribution < 1.29 is 9.59 Å². The molecule has 0 unspecified atom stereocenters. The van der Waals surface area contributed by atoms with Gasteiger partial charge in [0.05, 0.1) is 5.02 Å². The topological polar surface area (TPSA) is 92.2 Å². The molecule has 0 aliphatic heterocycles. The van der Waals surface area contributed by atoms with Gasteiger partial charge in [-0.25, -0.2) is 9.97 Å². The Morgan fingerprint density at radius 1 is 0.622 bits per heavy atom. The number of rotatable bonds is 2. The molecule has 0 saturated carbocycles. The molecule has 0 fully saturated rings. The zero-order chi connectivity index (χ0) is 33.2. The van der Waals surface area contributed by atoms with Gasteiger partial charge >= 0.3 is 0 Å². The molecule has 230 valence electrons. The number of carbonyl (C=O) groups excluding carboxylic acids is 2. The molecule has 0 aromatic carbocycles. The molecular formula is C36H37ClN6O2. The second-order valence-electron chi connectivity index (χ2n) is 12.1. The van der Waals surface area contributed by atoms with E-state index in [1.165, 1.54) is 0 Å². The van der Waals surface area contributed by atoms with Crippen molar-refractivity contribution in [1.29, 1.82) is 0 Å². The number of carbonyl (C=O) groups is 2. The van der Waals surface area contributed by atoms with Crippen molar-refractivity contribution in [3.63, 3.8) is 0 Å². The van der Waals surface area contributed by atoms with Gasteiger partial charge in [-0.3, -0.25) is 19.6 Å². The highest BCUT2D eigenvalue weighted by molar-refractivity contribution is 6.30. The lowest BCUT2D eigenvalue weighted by Crippen LogP contribution is -2.42. The lowest BCUT2D eigenvalue weighted by atomic mass is 10.1. The highest BCUT2D eigenvalue weighted by Gasteiger charge is 2.25. The first-order valence-electron chi connectivity index (χ1n) is 14.2. The maximum atomic E-state index is 12.3. The highest BCUT2D eigenvalue weighted by Crippen LogP contribution is 2.15. The molecule has 2 amide bonds. The maximum absolute atomic E-state index is 12.3. The van der Waals surface area contributed by atoms with E-state index < -0.39 is 0 Å². The van der Waals surface area contributed by atoms with Crippen LogP contribution in [0.15, 0.2) is 79.6 Å². The van der Waals surface area contributed by atoms with Crippen LogP contribution in [0.5, 0.6) is 0 Å². The van der Waals surface area contributed by atoms with Crippen LogP contribution in [-0.4, -0.2) is 66.7 Å². The van der Waals surface area contributed by atoms with Gasteiger partial charge in [-0.15, -0.1) is 0 Å². The molecule has 4 rings (SSSR count). The van der Waals surface area contributed by atoms with Crippen molar-refractivity contribution >= 4 is 23.4 Å². The average Bonchev–Trinajstić information content (AvgIpc) is 3.02. The Hall–Kier alpha value is -5.05. The number of nitrogens with zero attached hydrogens (tertiary/aromatic N) is 6. The van der Waals surface area contributed by atoms with Gasteiger partial charge in [0.15, 0.2) is 0 Å². The third-order valence-corrected chi connectivity index (χ3v) is 6.86. The second kappa shape index (κ2) is 15.1. The Labute approximate surface area is 270 Å². The van der Waals surface area contributed by atoms with Gasteiger partial charge in [0.1, 0.15) is 11.4 Å². The number of amides is 2. The zero-order valence-corrected chi connectivity index (χ0v) is 27.6. The molecule has 9 heteroatoms. The summed E-state index contributed by atoms with van der Waals surface area (Å²) in [6, 6.07) is 12.4. The van der Waals surface area contributed by atoms with Crippen LogP contribution in [-0.2, 0) is 0 Å². The Morgan fingerprint density at radius 3 is 1.44 bits per heavy atom. The standard InChI is InChI=1S/C18H18ClN3O.C18H19N3O/c1-18(2,3)22(4)17(23)16-8-7-13(11-21-16)5-6-14-9-15(19)12-20-10-14;1-18(2,3)21(4)17(22)16-10-9-15(13-20-16)8-7-14-6-5-11-19-12-14/h7-12H,1-4H3;5-6,9-13H,1-4H3. The van der Waals surface area contributed by atoms with E-state index >= 15 is 0 Å². The largest absolute Gasteiger partial charge is 0.336 e. The fourth-order valence-electron chi connectivity index (χ4n) is 3.35. The van der Waals surface area contributed by atoms with Crippen molar-refractivity contribution in [3.8, 4) is 23.7 Å². The van der Waals surface area contributed by atoms with Crippen molar-refractivity contribution in [3.05, 3.63) is 118 Å². The molecule has 0 radical (unpaired) electrons. The van der Waals surface area contributed by atoms with Crippen LogP contribution in [0, 0.1) is 23.7 Å². The van der Waals surface area contributed by atoms with E-state index in [1.54, 1.807) is 91.4 Å². The summed E-state index contributed by atoms with van der Waals surface area (Å²) in [5, 5.41) is 0.543. The lowest BCUT2D eigenvalue weighted by molar-refractivity contribution is 0.0640. The number of halogens is 1. The molecule has 4 aromatic heterocycles. The molecule has 0 N–H and O–H groups in total. The van der Waals surface area contributed by atoms with Gasteiger partial charge in [-0.05, 0) is 84.0 Å². The summed E-state index contributed by atoms with van der Waals surface area (Å²) in [6.45, 7) is 11.9. The second-order valence-corrected chi connectivity index (χ2v) is 12.5. The number of hydrogen-bond acceptors (Lipinski definition) is 6. The van der Waals surface area contributed by atoms with Gasteiger partial charge in [-0.2, -0.15) is 0 Å². The fraction of sp³-hybridized carbons (Fsp3) is 0.278. The molecule has 8 nitrogen and oxygen atoms in total. The summed E-state index contributed by atoms with van der Waals surface area (Å²) in [5.74, 6) is 11.7. The summed E-state index contributed by atoms with van der Waals surface area (Å²) < 4.78 is 0. The van der Waals surface area contributed by atoms with Gasteiger partial charge in [0.2, 0.25) is 0 Å². The fourth-order valence-corrected chi connectivity index (χ4v) is 3.52. The molecule has 0 saturated heterocycles. The Balaban J connectivity index is 0.000000246. The molecular weight excluding hydrogens is 584 g/mol. The molecule has 0 spiro atoms. The minimum atomic E-state index is -0.253. The molecule has 0 atom stereocenters. The first kappa shape index (κ1) is 34.4. The maximum Gasteiger partial charge on any atom is 0.272 e. The van der Waals surface area contributed by atoms with Gasteiger partial charge in [0.25, 0.3) is 11.8 Å². The van der Waals surface area contributed by atoms with E-state index in [-0.39, 0.29) is 22.9 Å². The van der Waals surface area contributed by atoms with E-state index in [4.69, 9.17) is 11.6 Å². The van der Waals surface area contributed by atoms with Crippen LogP contribution < -0.4 is 0 Å². The number of hydrogen-bond donors (Lipinski definition) is 0. The number of aromatic nitrogens is 4. The van der Waals surface area contributed by atoms with Crippen molar-refractivity contribution in [2.75, 3.05) is 14.1 Å². The molecule has 0 bridgehead atoms. The molecule has 45 heavy (non-hydrogen) atoms. The summed E-state index contributed by atoms with van der Waals surface area (Å²) in [4.78, 5) is 44.4. The van der Waals surface area contributed by atoms with Gasteiger partial charge < -0.3 is 9.80 Å². The van der Waals surface area contributed by atoms with Gasteiger partial charge in [0, 0.05) is 84.6 Å². The van der Waals surface area contributed by atoms with E-state index in [2.05, 4.69) is 43.6 Å². The third kappa shape index (κ3) is 10.6. The minimum Gasteiger partial charge on any atom is -0.336 e. The van der Waals surface area contributed by atoms with Crippen LogP contribution in [0.4, 0.5) is 0 Å². The summed E-state index contributed by atoms with van der Waals surface area (Å²) in [6.07, 6.45) is 9.82. The predicted molar refractivity (Wildman–Crippen MR) is 178 cm³/mol. The van der Waals surface area contributed by atoms with Crippen LogP contribution in [0.25, 0.3) is 0 Å². The van der Waals surface area contributed by atoms with Gasteiger partial charge in [-0.1, -0.05) is 35.3 Å². The molecule has 4 heterocycles. The Bertz CT molecular complexity index is 1740. The van der Waals surface area contributed by atoms with Crippen LogP contribution in [0.1, 0.15) is 84.8 Å². The van der Waals surface area contributed by atoms with Crippen molar-refractivity contribution in [1.82, 2.24) is 29.7 Å². The smallest absolute Gasteiger partial charge is 0.272 e. The average molecular weight is 621 g/mol. The monoisotopic (exact) mass is 620 g/mol. The van der Waals surface area contributed by atoms with Crippen LogP contribution >= 0.6 is 11.6 Å². The lowest BCUT2D eigenvalue weighted by Gasteiger charge is -2.31. The predicted octanol–water partition coefficient (Wildman–Crippen LogP) is 6.15. The van der Waals surface area contributed by atoms with E-state index in [0.29, 0.717) is 16.4 Å². The quantitative estimate of drug-likeness (QED) is 0.250.